The van der Waals surface area contributed by atoms with E-state index in [0.29, 0.717) is 0 Å². The van der Waals surface area contributed by atoms with Gasteiger partial charge in [0.25, 0.3) is 5.91 Å². The fourth-order valence-corrected chi connectivity index (χ4v) is 1.79. The highest BCUT2D eigenvalue weighted by molar-refractivity contribution is 7.89. The molecule has 18 heavy (non-hydrogen) atoms. The quantitative estimate of drug-likeness (QED) is 0.534. The molecule has 0 atom stereocenters. The van der Waals surface area contributed by atoms with Crippen molar-refractivity contribution in [3.8, 4) is 11.5 Å². The van der Waals surface area contributed by atoms with Crippen molar-refractivity contribution in [2.24, 2.45) is 0 Å². The van der Waals surface area contributed by atoms with Crippen LogP contribution in [0.3, 0.4) is 0 Å². The van der Waals surface area contributed by atoms with Crippen LogP contribution in [0, 0.1) is 0 Å². The van der Waals surface area contributed by atoms with Gasteiger partial charge in [-0.2, -0.15) is 0 Å². The van der Waals surface area contributed by atoms with E-state index in [-0.39, 0.29) is 17.9 Å². The van der Waals surface area contributed by atoms with Gasteiger partial charge in [-0.3, -0.25) is 4.79 Å². The molecular weight excluding hydrogens is 260 g/mol. The largest absolute Gasteiger partial charge is 0.504 e. The number of benzene rings is 1. The molecule has 0 spiro atoms. The first-order valence-electron chi connectivity index (χ1n) is 5.08. The van der Waals surface area contributed by atoms with Crippen LogP contribution in [-0.2, 0) is 10.0 Å². The maximum atomic E-state index is 11.6. The predicted molar refractivity (Wildman–Crippen MR) is 65.0 cm³/mol. The number of phenols is 2. The van der Waals surface area contributed by atoms with Gasteiger partial charge in [-0.05, 0) is 19.2 Å². The number of aromatic hydroxyl groups is 2. The van der Waals surface area contributed by atoms with E-state index >= 15 is 0 Å². The number of rotatable bonds is 5. The van der Waals surface area contributed by atoms with E-state index < -0.39 is 27.4 Å². The molecule has 4 N–H and O–H groups in total. The number of hydrogen-bond acceptors (Lipinski definition) is 5. The van der Waals surface area contributed by atoms with Crippen molar-refractivity contribution in [3.63, 3.8) is 0 Å². The summed E-state index contributed by atoms with van der Waals surface area (Å²) < 4.78 is 24.3. The fourth-order valence-electron chi connectivity index (χ4n) is 1.21. The third-order valence-corrected chi connectivity index (χ3v) is 3.59. The fraction of sp³-hybridized carbons (Fsp3) is 0.300. The third kappa shape index (κ3) is 3.60. The molecule has 0 aliphatic rings. The Morgan fingerprint density at radius 3 is 2.61 bits per heavy atom. The Kier molecular flexibility index (Phi) is 4.51. The Morgan fingerprint density at radius 1 is 1.33 bits per heavy atom. The van der Waals surface area contributed by atoms with Crippen molar-refractivity contribution in [1.82, 2.24) is 10.0 Å². The molecule has 0 radical (unpaired) electrons. The second-order valence-corrected chi connectivity index (χ2v) is 5.50. The van der Waals surface area contributed by atoms with Crippen molar-refractivity contribution in [3.05, 3.63) is 23.8 Å². The Bertz CT molecular complexity index is 541. The average Bonchev–Trinajstić information content (AvgIpc) is 2.32. The number of hydrogen-bond donors (Lipinski definition) is 4. The first-order valence-corrected chi connectivity index (χ1v) is 6.73. The summed E-state index contributed by atoms with van der Waals surface area (Å²) in [4.78, 5) is 11.6. The van der Waals surface area contributed by atoms with Crippen molar-refractivity contribution >= 4 is 15.9 Å². The van der Waals surface area contributed by atoms with Gasteiger partial charge in [0.2, 0.25) is 10.0 Å². The predicted octanol–water partition coefficient (Wildman–Crippen LogP) is -0.623. The van der Waals surface area contributed by atoms with Crippen molar-refractivity contribution in [2.75, 3.05) is 19.3 Å². The van der Waals surface area contributed by atoms with Gasteiger partial charge < -0.3 is 15.5 Å². The molecule has 0 bridgehead atoms. The van der Waals surface area contributed by atoms with Gasteiger partial charge in [-0.25, -0.2) is 13.1 Å². The molecular formula is C10H14N2O5S. The van der Waals surface area contributed by atoms with E-state index in [1.807, 2.05) is 0 Å². The lowest BCUT2D eigenvalue weighted by molar-refractivity contribution is 0.0953. The first-order chi connectivity index (χ1) is 8.37. The molecule has 1 amide bonds. The SMILES string of the molecule is CNS(=O)(=O)CCNC(=O)c1cccc(O)c1O. The first kappa shape index (κ1) is 14.3. The topological polar surface area (TPSA) is 116 Å². The lowest BCUT2D eigenvalue weighted by atomic mass is 10.2. The number of sulfonamides is 1. The summed E-state index contributed by atoms with van der Waals surface area (Å²) in [6.45, 7) is -0.100. The van der Waals surface area contributed by atoms with Gasteiger partial charge in [-0.15, -0.1) is 0 Å². The maximum Gasteiger partial charge on any atom is 0.255 e. The lowest BCUT2D eigenvalue weighted by Gasteiger charge is -2.07. The molecule has 1 aromatic rings. The van der Waals surface area contributed by atoms with Gasteiger partial charge in [-0.1, -0.05) is 6.07 Å². The molecule has 1 aromatic carbocycles. The summed E-state index contributed by atoms with van der Waals surface area (Å²) in [5, 5.41) is 21.0. The molecule has 0 heterocycles. The lowest BCUT2D eigenvalue weighted by Crippen LogP contribution is -2.32. The Hall–Kier alpha value is -1.80. The smallest absolute Gasteiger partial charge is 0.255 e. The number of carbonyl (C=O) groups is 1. The van der Waals surface area contributed by atoms with E-state index in [4.69, 9.17) is 0 Å². The monoisotopic (exact) mass is 274 g/mol. The molecule has 0 fully saturated rings. The van der Waals surface area contributed by atoms with Crippen LogP contribution in [0.4, 0.5) is 0 Å². The molecule has 100 valence electrons. The van der Waals surface area contributed by atoms with Crippen LogP contribution in [0.2, 0.25) is 0 Å². The molecule has 0 aliphatic heterocycles. The average molecular weight is 274 g/mol. The van der Waals surface area contributed by atoms with Crippen LogP contribution < -0.4 is 10.0 Å². The van der Waals surface area contributed by atoms with Crippen LogP contribution in [-0.4, -0.2) is 43.9 Å². The van der Waals surface area contributed by atoms with Crippen LogP contribution >= 0.6 is 0 Å². The molecule has 7 nitrogen and oxygen atoms in total. The minimum absolute atomic E-state index is 0.100. The second kappa shape index (κ2) is 5.69. The highest BCUT2D eigenvalue weighted by Crippen LogP contribution is 2.27. The van der Waals surface area contributed by atoms with E-state index in [1.54, 1.807) is 0 Å². The Labute approximate surface area is 105 Å². The Morgan fingerprint density at radius 2 is 2.00 bits per heavy atom. The summed E-state index contributed by atoms with van der Waals surface area (Å²) in [7, 11) is -2.12. The third-order valence-electron chi connectivity index (χ3n) is 2.23. The van der Waals surface area contributed by atoms with Gasteiger partial charge in [0, 0.05) is 6.54 Å². The van der Waals surface area contributed by atoms with Crippen molar-refractivity contribution < 1.29 is 23.4 Å². The normalized spacial score (nSPS) is 11.2. The summed E-state index contributed by atoms with van der Waals surface area (Å²) >= 11 is 0. The van der Waals surface area contributed by atoms with Crippen LogP contribution in [0.5, 0.6) is 11.5 Å². The zero-order valence-electron chi connectivity index (χ0n) is 9.67. The number of carbonyl (C=O) groups excluding carboxylic acids is 1. The summed E-state index contributed by atoms with van der Waals surface area (Å²) in [6, 6.07) is 3.95. The second-order valence-electron chi connectivity index (χ2n) is 3.45. The highest BCUT2D eigenvalue weighted by Gasteiger charge is 2.14. The molecule has 0 aromatic heterocycles. The number of nitrogens with one attached hydrogen (secondary N) is 2. The van der Waals surface area contributed by atoms with Gasteiger partial charge in [0.15, 0.2) is 11.5 Å². The summed E-state index contributed by atoms with van der Waals surface area (Å²) in [5.41, 5.74) is -0.114. The minimum Gasteiger partial charge on any atom is -0.504 e. The highest BCUT2D eigenvalue weighted by atomic mass is 32.2. The number of phenolic OH excluding ortho intramolecular Hbond substituents is 2. The summed E-state index contributed by atoms with van der Waals surface area (Å²) in [5.74, 6) is -1.87. The zero-order chi connectivity index (χ0) is 13.8. The summed E-state index contributed by atoms with van der Waals surface area (Å²) in [6.07, 6.45) is 0. The van der Waals surface area contributed by atoms with Gasteiger partial charge in [0.05, 0.1) is 11.3 Å². The zero-order valence-corrected chi connectivity index (χ0v) is 10.5. The number of para-hydroxylation sites is 1. The van der Waals surface area contributed by atoms with Gasteiger partial charge in [0.1, 0.15) is 0 Å². The standard InChI is InChI=1S/C10H14N2O5S/c1-11-18(16,17)6-5-12-10(15)7-3-2-4-8(13)9(7)14/h2-4,11,13-14H,5-6H2,1H3,(H,12,15). The van der Waals surface area contributed by atoms with E-state index in [2.05, 4.69) is 10.0 Å². The van der Waals surface area contributed by atoms with Crippen LogP contribution in [0.1, 0.15) is 10.4 Å². The molecule has 8 heteroatoms. The van der Waals surface area contributed by atoms with E-state index in [9.17, 15) is 23.4 Å². The molecule has 0 unspecified atom stereocenters. The molecule has 0 saturated heterocycles. The van der Waals surface area contributed by atoms with Gasteiger partial charge >= 0.3 is 0 Å². The molecule has 0 saturated carbocycles. The molecule has 1 rings (SSSR count). The number of amides is 1. The van der Waals surface area contributed by atoms with Crippen LogP contribution in [0.15, 0.2) is 18.2 Å². The van der Waals surface area contributed by atoms with E-state index in [0.717, 1.165) is 0 Å². The van der Waals surface area contributed by atoms with E-state index in [1.165, 1.54) is 25.2 Å². The molecule has 0 aliphatic carbocycles. The van der Waals surface area contributed by atoms with Crippen molar-refractivity contribution in [1.29, 1.82) is 0 Å². The van der Waals surface area contributed by atoms with Crippen LogP contribution in [0.25, 0.3) is 0 Å². The van der Waals surface area contributed by atoms with Crippen molar-refractivity contribution in [2.45, 2.75) is 0 Å². The Balaban J connectivity index is 2.64. The minimum atomic E-state index is -3.39. The maximum absolute atomic E-state index is 11.6.